The van der Waals surface area contributed by atoms with Crippen LogP contribution in [-0.4, -0.2) is 37.6 Å². The van der Waals surface area contributed by atoms with Gasteiger partial charge in [0, 0.05) is 18.4 Å². The molecule has 0 bridgehead atoms. The molecule has 10 heteroatoms. The van der Waals surface area contributed by atoms with Crippen LogP contribution in [0, 0.1) is 0 Å². The standard InChI is InChI=1S/C19H18N6O3S/c1-25-16-6-4-3-5-14(16)18(26)22-15-11-20-19(23-17(15)25)21-12-7-9-13(10-8-12)24-29(2,27)28/h3-11,24H,1-2H3,(H,22,26)(H,20,21,23). The fraction of sp³-hybridized carbons (Fsp3) is 0.105. The van der Waals surface area contributed by atoms with Crippen LogP contribution in [0.1, 0.15) is 10.4 Å². The maximum absolute atomic E-state index is 12.5. The van der Waals surface area contributed by atoms with Gasteiger partial charge in [-0.25, -0.2) is 13.4 Å². The molecule has 9 nitrogen and oxygen atoms in total. The largest absolute Gasteiger partial charge is 0.327 e. The molecule has 3 aromatic rings. The fourth-order valence-electron chi connectivity index (χ4n) is 3.00. The summed E-state index contributed by atoms with van der Waals surface area (Å²) in [5, 5.41) is 5.91. The lowest BCUT2D eigenvalue weighted by Gasteiger charge is -2.19. The zero-order chi connectivity index (χ0) is 20.6. The van der Waals surface area contributed by atoms with Gasteiger partial charge in [-0.2, -0.15) is 4.98 Å². The molecule has 3 N–H and O–H groups in total. The third kappa shape index (κ3) is 3.97. The lowest BCUT2D eigenvalue weighted by Crippen LogP contribution is -2.13. The lowest BCUT2D eigenvalue weighted by molar-refractivity contribution is 0.102. The molecule has 0 aliphatic carbocycles. The second kappa shape index (κ2) is 7.06. The molecule has 2 aromatic carbocycles. The first-order chi connectivity index (χ1) is 13.8. The van der Waals surface area contributed by atoms with Crippen LogP contribution in [0.5, 0.6) is 0 Å². The molecule has 0 saturated heterocycles. The zero-order valence-electron chi connectivity index (χ0n) is 15.7. The number of hydrogen-bond acceptors (Lipinski definition) is 7. The second-order valence-corrected chi connectivity index (χ2v) is 8.29. The van der Waals surface area contributed by atoms with Gasteiger partial charge in [0.15, 0.2) is 5.82 Å². The molecular weight excluding hydrogens is 392 g/mol. The number of carbonyl (C=O) groups excluding carboxylic acids is 1. The number of hydrogen-bond donors (Lipinski definition) is 3. The van der Waals surface area contributed by atoms with E-state index in [1.54, 1.807) is 36.5 Å². The zero-order valence-corrected chi connectivity index (χ0v) is 16.5. The quantitative estimate of drug-likeness (QED) is 0.605. The second-order valence-electron chi connectivity index (χ2n) is 6.54. The number of anilines is 6. The number of fused-ring (bicyclic) bond motifs is 2. The highest BCUT2D eigenvalue weighted by Gasteiger charge is 2.24. The van der Waals surface area contributed by atoms with E-state index in [2.05, 4.69) is 25.3 Å². The Bertz CT molecular complexity index is 1190. The molecule has 0 fully saturated rings. The molecule has 0 spiro atoms. The number of aromatic nitrogens is 2. The Balaban J connectivity index is 1.62. The topological polar surface area (TPSA) is 116 Å². The highest BCUT2D eigenvalue weighted by atomic mass is 32.2. The minimum Gasteiger partial charge on any atom is -0.327 e. The van der Waals surface area contributed by atoms with Crippen molar-refractivity contribution in [3.63, 3.8) is 0 Å². The van der Waals surface area contributed by atoms with Crippen LogP contribution in [0.4, 0.5) is 34.5 Å². The average molecular weight is 410 g/mol. The molecule has 148 valence electrons. The van der Waals surface area contributed by atoms with E-state index in [1.165, 1.54) is 0 Å². The molecule has 0 radical (unpaired) electrons. The molecule has 0 unspecified atom stereocenters. The summed E-state index contributed by atoms with van der Waals surface area (Å²) >= 11 is 0. The van der Waals surface area contributed by atoms with Crippen LogP contribution in [-0.2, 0) is 10.0 Å². The Labute approximate surface area is 167 Å². The molecule has 4 rings (SSSR count). The molecule has 1 aliphatic rings. The number of benzene rings is 2. The van der Waals surface area contributed by atoms with Crippen molar-refractivity contribution in [1.82, 2.24) is 9.97 Å². The predicted octanol–water partition coefficient (Wildman–Crippen LogP) is 2.93. The van der Waals surface area contributed by atoms with Crippen molar-refractivity contribution in [2.75, 3.05) is 33.6 Å². The van der Waals surface area contributed by atoms with Gasteiger partial charge in [0.2, 0.25) is 16.0 Å². The summed E-state index contributed by atoms with van der Waals surface area (Å²) in [6.45, 7) is 0. The van der Waals surface area contributed by atoms with Gasteiger partial charge in [-0.05, 0) is 36.4 Å². The van der Waals surface area contributed by atoms with E-state index in [4.69, 9.17) is 0 Å². The monoisotopic (exact) mass is 410 g/mol. The Kier molecular flexibility index (Phi) is 4.55. The van der Waals surface area contributed by atoms with Crippen molar-refractivity contribution >= 4 is 50.4 Å². The van der Waals surface area contributed by atoms with Crippen molar-refractivity contribution in [2.45, 2.75) is 0 Å². The summed E-state index contributed by atoms with van der Waals surface area (Å²) in [6, 6.07) is 14.0. The van der Waals surface area contributed by atoms with Gasteiger partial charge in [0.25, 0.3) is 5.91 Å². The fourth-order valence-corrected chi connectivity index (χ4v) is 3.57. The molecule has 0 saturated carbocycles. The van der Waals surface area contributed by atoms with Gasteiger partial charge in [-0.3, -0.25) is 9.52 Å². The van der Waals surface area contributed by atoms with Crippen LogP contribution in [0.15, 0.2) is 54.7 Å². The third-order valence-corrected chi connectivity index (χ3v) is 4.90. The predicted molar refractivity (Wildman–Crippen MR) is 113 cm³/mol. The van der Waals surface area contributed by atoms with E-state index in [0.717, 1.165) is 11.9 Å². The van der Waals surface area contributed by atoms with Gasteiger partial charge < -0.3 is 15.5 Å². The highest BCUT2D eigenvalue weighted by molar-refractivity contribution is 7.92. The van der Waals surface area contributed by atoms with Crippen LogP contribution in [0.3, 0.4) is 0 Å². The van der Waals surface area contributed by atoms with Crippen LogP contribution in [0.2, 0.25) is 0 Å². The van der Waals surface area contributed by atoms with Crippen molar-refractivity contribution in [3.05, 3.63) is 60.3 Å². The first-order valence-electron chi connectivity index (χ1n) is 8.66. The number of rotatable bonds is 4. The van der Waals surface area contributed by atoms with Gasteiger partial charge in [0.05, 0.1) is 23.7 Å². The van der Waals surface area contributed by atoms with E-state index in [0.29, 0.717) is 34.4 Å². The average Bonchev–Trinajstić information content (AvgIpc) is 2.78. The number of nitrogens with one attached hydrogen (secondary N) is 3. The SMILES string of the molecule is CN1c2ccccc2C(=O)Nc2cnc(Nc3ccc(NS(C)(=O)=O)cc3)nc21. The molecule has 2 heterocycles. The van der Waals surface area contributed by atoms with Crippen molar-refractivity contribution in [2.24, 2.45) is 0 Å². The number of para-hydroxylation sites is 1. The molecule has 1 aliphatic heterocycles. The highest BCUT2D eigenvalue weighted by Crippen LogP contribution is 2.35. The van der Waals surface area contributed by atoms with E-state index in [9.17, 15) is 13.2 Å². The van der Waals surface area contributed by atoms with Crippen molar-refractivity contribution in [3.8, 4) is 0 Å². The molecule has 29 heavy (non-hydrogen) atoms. The van der Waals surface area contributed by atoms with Crippen molar-refractivity contribution in [1.29, 1.82) is 0 Å². The first kappa shape index (κ1) is 18.7. The maximum Gasteiger partial charge on any atom is 0.257 e. The van der Waals surface area contributed by atoms with Crippen molar-refractivity contribution < 1.29 is 13.2 Å². The smallest absolute Gasteiger partial charge is 0.257 e. The lowest BCUT2D eigenvalue weighted by atomic mass is 10.1. The summed E-state index contributed by atoms with van der Waals surface area (Å²) in [7, 11) is -1.50. The maximum atomic E-state index is 12.5. The van der Waals surface area contributed by atoms with E-state index in [1.807, 2.05) is 30.1 Å². The van der Waals surface area contributed by atoms with E-state index >= 15 is 0 Å². The molecule has 1 amide bonds. The van der Waals surface area contributed by atoms with Gasteiger partial charge >= 0.3 is 0 Å². The Morgan fingerprint density at radius 3 is 2.45 bits per heavy atom. The first-order valence-corrected chi connectivity index (χ1v) is 10.6. The van der Waals surface area contributed by atoms with Crippen LogP contribution >= 0.6 is 0 Å². The molecule has 1 aromatic heterocycles. The van der Waals surface area contributed by atoms with Gasteiger partial charge in [0.1, 0.15) is 5.69 Å². The number of nitrogens with zero attached hydrogens (tertiary/aromatic N) is 3. The summed E-state index contributed by atoms with van der Waals surface area (Å²) in [6.07, 6.45) is 2.64. The van der Waals surface area contributed by atoms with Crippen LogP contribution in [0.25, 0.3) is 0 Å². The summed E-state index contributed by atoms with van der Waals surface area (Å²) in [4.78, 5) is 23.1. The summed E-state index contributed by atoms with van der Waals surface area (Å²) in [5.74, 6) is 0.675. The summed E-state index contributed by atoms with van der Waals surface area (Å²) in [5.41, 5.74) is 2.94. The number of amides is 1. The van der Waals surface area contributed by atoms with E-state index < -0.39 is 10.0 Å². The Morgan fingerprint density at radius 2 is 1.72 bits per heavy atom. The number of carbonyl (C=O) groups is 1. The number of sulfonamides is 1. The van der Waals surface area contributed by atoms with E-state index in [-0.39, 0.29) is 5.91 Å². The molecular formula is C19H18N6O3S. The minimum absolute atomic E-state index is 0.218. The van der Waals surface area contributed by atoms with Gasteiger partial charge in [-0.15, -0.1) is 0 Å². The summed E-state index contributed by atoms with van der Waals surface area (Å²) < 4.78 is 25.0. The normalized spacial score (nSPS) is 13.0. The molecule has 0 atom stereocenters. The van der Waals surface area contributed by atoms with Gasteiger partial charge in [-0.1, -0.05) is 12.1 Å². The van der Waals surface area contributed by atoms with Crippen LogP contribution < -0.4 is 20.3 Å². The minimum atomic E-state index is -3.33. The Hall–Kier alpha value is -3.66. The third-order valence-electron chi connectivity index (χ3n) is 4.29. The Morgan fingerprint density at radius 1 is 1.03 bits per heavy atom.